The number of rotatable bonds is 2. The number of hydrogen-bond acceptors (Lipinski definition) is 2. The lowest BCUT2D eigenvalue weighted by atomic mass is 10.1. The maximum atomic E-state index is 13.1. The van der Waals surface area contributed by atoms with E-state index in [4.69, 9.17) is 9.52 Å². The largest absolute Gasteiger partial charge is 0.481 e. The van der Waals surface area contributed by atoms with E-state index in [-0.39, 0.29) is 12.0 Å². The van der Waals surface area contributed by atoms with Crippen LogP contribution in [0.2, 0.25) is 0 Å². The Balaban J connectivity index is 2.58. The first-order valence-corrected chi connectivity index (χ1v) is 4.05. The van der Waals surface area contributed by atoms with Gasteiger partial charge in [-0.2, -0.15) is 0 Å². The van der Waals surface area contributed by atoms with Gasteiger partial charge in [0, 0.05) is 10.9 Å². The van der Waals surface area contributed by atoms with Crippen molar-refractivity contribution >= 4 is 16.9 Å². The Morgan fingerprint density at radius 1 is 1.50 bits per heavy atom. The molecule has 3 nitrogen and oxygen atoms in total. The maximum Gasteiger partial charge on any atom is 0.307 e. The maximum absolute atomic E-state index is 13.1. The molecule has 0 saturated heterocycles. The summed E-state index contributed by atoms with van der Waals surface area (Å²) in [6, 6.07) is 4.44. The van der Waals surface area contributed by atoms with Crippen LogP contribution in [0, 0.1) is 5.82 Å². The van der Waals surface area contributed by atoms with Crippen LogP contribution in [0.3, 0.4) is 0 Å². The van der Waals surface area contributed by atoms with E-state index >= 15 is 0 Å². The van der Waals surface area contributed by atoms with Crippen LogP contribution >= 0.6 is 0 Å². The van der Waals surface area contributed by atoms with Crippen molar-refractivity contribution < 1.29 is 18.7 Å². The molecule has 0 aliphatic rings. The summed E-state index contributed by atoms with van der Waals surface area (Å²) >= 11 is 0. The van der Waals surface area contributed by atoms with Crippen molar-refractivity contribution in [2.24, 2.45) is 0 Å². The van der Waals surface area contributed by atoms with Gasteiger partial charge in [0.2, 0.25) is 0 Å². The summed E-state index contributed by atoms with van der Waals surface area (Å²) in [7, 11) is 0. The molecule has 0 saturated carbocycles. The first kappa shape index (κ1) is 8.74. The number of para-hydroxylation sites is 1. The second-order valence-electron chi connectivity index (χ2n) is 2.95. The van der Waals surface area contributed by atoms with Gasteiger partial charge in [-0.25, -0.2) is 4.39 Å². The predicted octanol–water partition coefficient (Wildman–Crippen LogP) is 2.20. The Hall–Kier alpha value is -1.84. The number of carbonyl (C=O) groups is 1. The number of aliphatic carboxylic acids is 1. The number of fused-ring (bicyclic) bond motifs is 1. The van der Waals surface area contributed by atoms with Gasteiger partial charge in [-0.05, 0) is 6.07 Å². The lowest BCUT2D eigenvalue weighted by molar-refractivity contribution is -0.136. The fourth-order valence-corrected chi connectivity index (χ4v) is 1.37. The molecule has 1 N–H and O–H groups in total. The van der Waals surface area contributed by atoms with Gasteiger partial charge >= 0.3 is 5.97 Å². The van der Waals surface area contributed by atoms with E-state index in [1.807, 2.05) is 0 Å². The number of halogens is 1. The molecule has 2 rings (SSSR count). The van der Waals surface area contributed by atoms with Gasteiger partial charge < -0.3 is 9.52 Å². The van der Waals surface area contributed by atoms with E-state index in [0.29, 0.717) is 10.9 Å². The highest BCUT2D eigenvalue weighted by Crippen LogP contribution is 2.23. The molecule has 1 heterocycles. The molecule has 0 aliphatic heterocycles. The summed E-state index contributed by atoms with van der Waals surface area (Å²) in [6.07, 6.45) is 1.12. The predicted molar refractivity (Wildman–Crippen MR) is 47.5 cm³/mol. The zero-order valence-corrected chi connectivity index (χ0v) is 7.16. The number of hydrogen-bond donors (Lipinski definition) is 1. The number of carboxylic acid groups (broad SMARTS) is 1. The van der Waals surface area contributed by atoms with Crippen LogP contribution < -0.4 is 0 Å². The van der Waals surface area contributed by atoms with E-state index in [0.717, 1.165) is 0 Å². The molecule has 1 aromatic heterocycles. The van der Waals surface area contributed by atoms with Crippen molar-refractivity contribution in [2.45, 2.75) is 6.42 Å². The fraction of sp³-hybridized carbons (Fsp3) is 0.100. The SMILES string of the molecule is O=C(O)Cc1coc2c(F)cccc12. The average Bonchev–Trinajstić information content (AvgIpc) is 2.49. The van der Waals surface area contributed by atoms with Crippen LogP contribution in [-0.2, 0) is 11.2 Å². The lowest BCUT2D eigenvalue weighted by Gasteiger charge is -1.92. The number of benzene rings is 1. The van der Waals surface area contributed by atoms with Gasteiger partial charge in [0.15, 0.2) is 11.4 Å². The summed E-state index contributed by atoms with van der Waals surface area (Å²) < 4.78 is 18.0. The van der Waals surface area contributed by atoms with Gasteiger partial charge in [0.05, 0.1) is 12.7 Å². The normalized spacial score (nSPS) is 10.6. The monoisotopic (exact) mass is 194 g/mol. The molecule has 0 unspecified atom stereocenters. The topological polar surface area (TPSA) is 50.4 Å². The van der Waals surface area contributed by atoms with Crippen LogP contribution in [0.1, 0.15) is 5.56 Å². The quantitative estimate of drug-likeness (QED) is 0.797. The summed E-state index contributed by atoms with van der Waals surface area (Å²) in [5.74, 6) is -1.43. The molecular weight excluding hydrogens is 187 g/mol. The number of carboxylic acids is 1. The Morgan fingerprint density at radius 2 is 2.29 bits per heavy atom. The third kappa shape index (κ3) is 1.35. The molecule has 1 aromatic carbocycles. The van der Waals surface area contributed by atoms with Crippen molar-refractivity contribution in [2.75, 3.05) is 0 Å². The Kier molecular flexibility index (Phi) is 1.96. The zero-order valence-electron chi connectivity index (χ0n) is 7.16. The van der Waals surface area contributed by atoms with Crippen LogP contribution in [0.15, 0.2) is 28.9 Å². The molecule has 4 heteroatoms. The van der Waals surface area contributed by atoms with Crippen LogP contribution in [0.5, 0.6) is 0 Å². The molecule has 2 aromatic rings. The smallest absolute Gasteiger partial charge is 0.307 e. The molecular formula is C10H7FO3. The summed E-state index contributed by atoms with van der Waals surface area (Å²) in [4.78, 5) is 10.5. The summed E-state index contributed by atoms with van der Waals surface area (Å²) in [6.45, 7) is 0. The summed E-state index contributed by atoms with van der Waals surface area (Å²) in [5.41, 5.74) is 0.607. The average molecular weight is 194 g/mol. The Morgan fingerprint density at radius 3 is 3.00 bits per heavy atom. The standard InChI is InChI=1S/C10H7FO3/c11-8-3-1-2-7-6(4-9(12)13)5-14-10(7)8/h1-3,5H,4H2,(H,12,13). The lowest BCUT2D eigenvalue weighted by Crippen LogP contribution is -1.98. The van der Waals surface area contributed by atoms with Gasteiger partial charge in [0.25, 0.3) is 0 Å². The third-order valence-corrected chi connectivity index (χ3v) is 1.97. The highest BCUT2D eigenvalue weighted by atomic mass is 19.1. The number of furan rings is 1. The second kappa shape index (κ2) is 3.14. The van der Waals surface area contributed by atoms with Crippen molar-refractivity contribution in [1.82, 2.24) is 0 Å². The highest BCUT2D eigenvalue weighted by Gasteiger charge is 2.11. The molecule has 0 bridgehead atoms. The minimum absolute atomic E-state index is 0.115. The molecule has 14 heavy (non-hydrogen) atoms. The molecule has 72 valence electrons. The molecule has 0 aliphatic carbocycles. The van der Waals surface area contributed by atoms with Crippen LogP contribution in [-0.4, -0.2) is 11.1 Å². The van der Waals surface area contributed by atoms with E-state index < -0.39 is 11.8 Å². The first-order valence-electron chi connectivity index (χ1n) is 4.05. The van der Waals surface area contributed by atoms with Crippen molar-refractivity contribution in [3.05, 3.63) is 35.8 Å². The molecule has 0 radical (unpaired) electrons. The van der Waals surface area contributed by atoms with Gasteiger partial charge in [-0.15, -0.1) is 0 Å². The molecule has 0 spiro atoms. The van der Waals surface area contributed by atoms with Gasteiger partial charge in [-0.3, -0.25) is 4.79 Å². The van der Waals surface area contributed by atoms with E-state index in [2.05, 4.69) is 0 Å². The minimum Gasteiger partial charge on any atom is -0.481 e. The van der Waals surface area contributed by atoms with E-state index in [1.165, 1.54) is 18.4 Å². The van der Waals surface area contributed by atoms with Gasteiger partial charge in [0.1, 0.15) is 0 Å². The van der Waals surface area contributed by atoms with Gasteiger partial charge in [-0.1, -0.05) is 12.1 Å². The molecule has 0 atom stereocenters. The second-order valence-corrected chi connectivity index (χ2v) is 2.95. The first-order chi connectivity index (χ1) is 6.68. The Labute approximate surface area is 78.8 Å². The van der Waals surface area contributed by atoms with E-state index in [9.17, 15) is 9.18 Å². The minimum atomic E-state index is -0.961. The van der Waals surface area contributed by atoms with Crippen LogP contribution in [0.25, 0.3) is 11.0 Å². The van der Waals surface area contributed by atoms with Crippen molar-refractivity contribution in [3.8, 4) is 0 Å². The van der Waals surface area contributed by atoms with E-state index in [1.54, 1.807) is 6.07 Å². The zero-order chi connectivity index (χ0) is 10.1. The van der Waals surface area contributed by atoms with Crippen LogP contribution in [0.4, 0.5) is 4.39 Å². The summed E-state index contributed by atoms with van der Waals surface area (Å²) in [5, 5.41) is 9.10. The molecule has 0 amide bonds. The van der Waals surface area contributed by atoms with Crippen molar-refractivity contribution in [1.29, 1.82) is 0 Å². The molecule has 0 fully saturated rings. The fourth-order valence-electron chi connectivity index (χ4n) is 1.37. The Bertz CT molecular complexity index is 487. The highest BCUT2D eigenvalue weighted by molar-refractivity contribution is 5.85. The third-order valence-electron chi connectivity index (χ3n) is 1.97. The van der Waals surface area contributed by atoms with Crippen molar-refractivity contribution in [3.63, 3.8) is 0 Å².